The lowest BCUT2D eigenvalue weighted by molar-refractivity contribution is 0.453. The summed E-state index contributed by atoms with van der Waals surface area (Å²) in [5.74, 6) is 1.16. The first-order valence-corrected chi connectivity index (χ1v) is 7.26. The number of hydrogen-bond acceptors (Lipinski definition) is 1. The number of nitrogens with one attached hydrogen (secondary N) is 1. The topological polar surface area (TPSA) is 12.0 Å². The third-order valence-electron chi connectivity index (χ3n) is 5.03. The van der Waals surface area contributed by atoms with E-state index in [1.165, 1.54) is 25.7 Å². The summed E-state index contributed by atoms with van der Waals surface area (Å²) in [6.45, 7) is 1.70. The minimum Gasteiger partial charge on any atom is -0.313 e. The van der Waals surface area contributed by atoms with Gasteiger partial charge in [-0.2, -0.15) is 0 Å². The normalized spacial score (nSPS) is 30.8. The van der Waals surface area contributed by atoms with Crippen LogP contribution in [0, 0.1) is 36.3 Å². The van der Waals surface area contributed by atoms with Gasteiger partial charge in [0, 0.05) is 17.7 Å². The summed E-state index contributed by atoms with van der Waals surface area (Å²) in [6.07, 6.45) is 5.16. The molecule has 19 heavy (non-hydrogen) atoms. The van der Waals surface area contributed by atoms with Crippen LogP contribution in [0.2, 0.25) is 0 Å². The largest absolute Gasteiger partial charge is 0.313 e. The van der Waals surface area contributed by atoms with Gasteiger partial charge in [-0.15, -0.1) is 0 Å². The molecule has 1 nitrogen and oxygen atoms in total. The van der Waals surface area contributed by atoms with Crippen molar-refractivity contribution in [2.24, 2.45) is 17.8 Å². The number of halogens is 2. The van der Waals surface area contributed by atoms with E-state index in [9.17, 15) is 8.78 Å². The molecule has 2 saturated carbocycles. The second kappa shape index (κ2) is 4.86. The third kappa shape index (κ3) is 2.18. The highest BCUT2D eigenvalue weighted by atomic mass is 19.1. The van der Waals surface area contributed by atoms with Crippen LogP contribution in [0.25, 0.3) is 0 Å². The second-order valence-electron chi connectivity index (χ2n) is 6.08. The van der Waals surface area contributed by atoms with Crippen molar-refractivity contribution in [3.8, 4) is 0 Å². The van der Waals surface area contributed by atoms with Crippen LogP contribution in [0.1, 0.15) is 42.9 Å². The smallest absolute Gasteiger partial charge is 0.130 e. The van der Waals surface area contributed by atoms with Crippen molar-refractivity contribution < 1.29 is 8.78 Å². The Kier molecular flexibility index (Phi) is 3.34. The minimum absolute atomic E-state index is 0.0346. The Bertz CT molecular complexity index is 474. The van der Waals surface area contributed by atoms with Crippen LogP contribution in [0.5, 0.6) is 0 Å². The van der Waals surface area contributed by atoms with Crippen LogP contribution in [-0.2, 0) is 0 Å². The summed E-state index contributed by atoms with van der Waals surface area (Å²) in [6, 6.07) is 2.74. The van der Waals surface area contributed by atoms with Gasteiger partial charge in [0.2, 0.25) is 0 Å². The van der Waals surface area contributed by atoms with Crippen molar-refractivity contribution in [2.45, 2.75) is 38.6 Å². The number of aryl methyl sites for hydroxylation is 1. The third-order valence-corrected chi connectivity index (χ3v) is 5.03. The molecular weight excluding hydrogens is 244 g/mol. The van der Waals surface area contributed by atoms with Crippen molar-refractivity contribution in [2.75, 3.05) is 7.05 Å². The Labute approximate surface area is 113 Å². The van der Waals surface area contributed by atoms with Gasteiger partial charge < -0.3 is 5.32 Å². The first-order chi connectivity index (χ1) is 9.13. The zero-order valence-electron chi connectivity index (χ0n) is 11.5. The van der Waals surface area contributed by atoms with Crippen LogP contribution in [0.4, 0.5) is 8.78 Å². The fourth-order valence-electron chi connectivity index (χ4n) is 4.02. The van der Waals surface area contributed by atoms with E-state index in [-0.39, 0.29) is 6.04 Å². The molecule has 0 spiro atoms. The maximum atomic E-state index is 14.1. The van der Waals surface area contributed by atoms with E-state index in [4.69, 9.17) is 0 Å². The predicted octanol–water partition coefficient (Wildman–Crippen LogP) is 3.97. The van der Waals surface area contributed by atoms with Crippen molar-refractivity contribution in [3.63, 3.8) is 0 Å². The molecule has 2 fully saturated rings. The fraction of sp³-hybridized carbons (Fsp3) is 0.625. The van der Waals surface area contributed by atoms with Gasteiger partial charge in [-0.1, -0.05) is 12.8 Å². The molecule has 0 saturated heterocycles. The van der Waals surface area contributed by atoms with Gasteiger partial charge >= 0.3 is 0 Å². The lowest BCUT2D eigenvalue weighted by Gasteiger charge is -2.19. The highest BCUT2D eigenvalue weighted by Gasteiger charge is 2.54. The second-order valence-corrected chi connectivity index (χ2v) is 6.08. The quantitative estimate of drug-likeness (QED) is 0.872. The number of fused-ring (bicyclic) bond motifs is 1. The molecule has 0 bridgehead atoms. The first-order valence-electron chi connectivity index (χ1n) is 7.26. The fourth-order valence-corrected chi connectivity index (χ4v) is 4.02. The van der Waals surface area contributed by atoms with Gasteiger partial charge in [0.25, 0.3) is 0 Å². The predicted molar refractivity (Wildman–Crippen MR) is 71.8 cm³/mol. The maximum absolute atomic E-state index is 14.1. The SMILES string of the molecule is CNC(c1cc(C)c(F)cc1F)C1C2CCCCC21. The molecule has 1 aromatic carbocycles. The molecule has 104 valence electrons. The van der Waals surface area contributed by atoms with Crippen LogP contribution in [0.3, 0.4) is 0 Å². The summed E-state index contributed by atoms with van der Waals surface area (Å²) < 4.78 is 27.4. The Morgan fingerprint density at radius 2 is 1.74 bits per heavy atom. The van der Waals surface area contributed by atoms with Crippen molar-refractivity contribution in [1.29, 1.82) is 0 Å². The molecule has 1 N–H and O–H groups in total. The molecule has 2 aliphatic carbocycles. The lowest BCUT2D eigenvalue weighted by atomic mass is 9.97. The van der Waals surface area contributed by atoms with E-state index < -0.39 is 11.6 Å². The van der Waals surface area contributed by atoms with E-state index in [2.05, 4.69) is 5.32 Å². The van der Waals surface area contributed by atoms with Gasteiger partial charge in [0.1, 0.15) is 11.6 Å². The zero-order valence-corrected chi connectivity index (χ0v) is 11.5. The van der Waals surface area contributed by atoms with Gasteiger partial charge in [0.15, 0.2) is 0 Å². The molecule has 3 heteroatoms. The number of rotatable bonds is 3. The van der Waals surface area contributed by atoms with E-state index in [1.54, 1.807) is 13.0 Å². The maximum Gasteiger partial charge on any atom is 0.130 e. The number of hydrogen-bond donors (Lipinski definition) is 1. The molecule has 3 rings (SSSR count). The molecule has 0 heterocycles. The van der Waals surface area contributed by atoms with Crippen molar-refractivity contribution >= 4 is 0 Å². The van der Waals surface area contributed by atoms with E-state index in [0.29, 0.717) is 17.0 Å². The molecular formula is C16H21F2N. The molecule has 0 aromatic heterocycles. The average Bonchev–Trinajstić information content (AvgIpc) is 3.11. The molecule has 0 amide bonds. The molecule has 3 atom stereocenters. The molecule has 0 radical (unpaired) electrons. The summed E-state index contributed by atoms with van der Waals surface area (Å²) in [7, 11) is 1.88. The van der Waals surface area contributed by atoms with Crippen LogP contribution in [-0.4, -0.2) is 7.05 Å². The average molecular weight is 265 g/mol. The van der Waals surface area contributed by atoms with Gasteiger partial charge in [-0.3, -0.25) is 0 Å². The molecule has 3 unspecified atom stereocenters. The minimum atomic E-state index is -0.454. The summed E-state index contributed by atoms with van der Waals surface area (Å²) in [5.41, 5.74) is 1.17. The highest BCUT2D eigenvalue weighted by Crippen LogP contribution is 2.60. The molecule has 2 aliphatic rings. The monoisotopic (exact) mass is 265 g/mol. The Morgan fingerprint density at radius 1 is 1.11 bits per heavy atom. The number of benzene rings is 1. The Balaban J connectivity index is 1.89. The van der Waals surface area contributed by atoms with Crippen LogP contribution >= 0.6 is 0 Å². The van der Waals surface area contributed by atoms with Crippen molar-refractivity contribution in [3.05, 3.63) is 34.9 Å². The highest BCUT2D eigenvalue weighted by molar-refractivity contribution is 5.30. The van der Waals surface area contributed by atoms with Crippen LogP contribution in [0.15, 0.2) is 12.1 Å². The van der Waals surface area contributed by atoms with E-state index in [1.807, 2.05) is 7.05 Å². The first kappa shape index (κ1) is 13.0. The van der Waals surface area contributed by atoms with E-state index in [0.717, 1.165) is 17.9 Å². The van der Waals surface area contributed by atoms with Crippen molar-refractivity contribution in [1.82, 2.24) is 5.32 Å². The summed E-state index contributed by atoms with van der Waals surface area (Å²) in [5, 5.41) is 3.26. The van der Waals surface area contributed by atoms with E-state index >= 15 is 0 Å². The van der Waals surface area contributed by atoms with Gasteiger partial charge in [-0.25, -0.2) is 8.78 Å². The summed E-state index contributed by atoms with van der Waals surface area (Å²) >= 11 is 0. The molecule has 1 aromatic rings. The van der Waals surface area contributed by atoms with Gasteiger partial charge in [0.05, 0.1) is 0 Å². The standard InChI is InChI=1S/C16H21F2N/c1-9-7-12(14(18)8-13(9)17)16(19-2)15-10-5-3-4-6-11(10)15/h7-8,10-11,15-16,19H,3-6H2,1-2H3. The van der Waals surface area contributed by atoms with Crippen LogP contribution < -0.4 is 5.32 Å². The Hall–Kier alpha value is -0.960. The molecule has 0 aliphatic heterocycles. The van der Waals surface area contributed by atoms with Gasteiger partial charge in [-0.05, 0) is 56.2 Å². The zero-order chi connectivity index (χ0) is 13.6. The summed E-state index contributed by atoms with van der Waals surface area (Å²) in [4.78, 5) is 0. The lowest BCUT2D eigenvalue weighted by Crippen LogP contribution is -2.21. The Morgan fingerprint density at radius 3 is 2.32 bits per heavy atom.